The average Bonchev–Trinajstić information content (AvgIpc) is 0.932. The fourth-order valence-corrected chi connectivity index (χ4v) is 12.6. The molecule has 0 saturated carbocycles. The molecule has 11 aromatic carbocycles. The highest BCUT2D eigenvalue weighted by atomic mass is 16.5. The second kappa shape index (κ2) is 20.0. The van der Waals surface area contributed by atoms with Gasteiger partial charge in [0.05, 0.1) is 87.7 Å². The molecule has 86 heavy (non-hydrogen) atoms. The number of methoxy groups -OCH3 is 4. The first-order valence-electron chi connectivity index (χ1n) is 27.4. The molecule has 0 fully saturated rings. The number of hydrogen-bond acceptors (Lipinski definition) is 14. The van der Waals surface area contributed by atoms with E-state index in [0.717, 1.165) is 0 Å². The van der Waals surface area contributed by atoms with E-state index in [1.54, 1.807) is 93.7 Å². The zero-order valence-corrected chi connectivity index (χ0v) is 46.5. The maximum Gasteiger partial charge on any atom is 0.264 e. The average molecular weight is 1150 g/mol. The highest BCUT2D eigenvalue weighted by Crippen LogP contribution is 2.58. The van der Waals surface area contributed by atoms with Gasteiger partial charge in [-0.1, -0.05) is 36.4 Å². The number of imidazole rings is 2. The smallest absolute Gasteiger partial charge is 0.264 e. The summed E-state index contributed by atoms with van der Waals surface area (Å²) in [6, 6.07) is 42.6. The van der Waals surface area contributed by atoms with E-state index in [-0.39, 0.29) is 58.1 Å². The summed E-state index contributed by atoms with van der Waals surface area (Å²) in [7, 11) is 6.12. The molecule has 0 aliphatic carbocycles. The molecule has 0 unspecified atom stereocenters. The van der Waals surface area contributed by atoms with Crippen LogP contribution in [0.5, 0.6) is 69.0 Å². The number of pyridine rings is 2. The third-order valence-corrected chi connectivity index (χ3v) is 16.4. The Morgan fingerprint density at radius 2 is 0.674 bits per heavy atom. The Morgan fingerprint density at radius 1 is 0.337 bits per heavy atom. The molecule has 426 valence electrons. The Kier molecular flexibility index (Phi) is 12.1. The molecule has 0 saturated heterocycles. The van der Waals surface area contributed by atoms with Gasteiger partial charge in [-0.2, -0.15) is 0 Å². The van der Waals surface area contributed by atoms with Crippen LogP contribution in [0.2, 0.25) is 0 Å². The van der Waals surface area contributed by atoms with Crippen LogP contribution in [0.3, 0.4) is 0 Å². The third kappa shape index (κ3) is 7.67. The normalized spacial score (nSPS) is 12.0. The molecular weight excluding hydrogens is 1100 g/mol. The van der Waals surface area contributed by atoms with Crippen LogP contribution in [0.25, 0.3) is 98.0 Å². The van der Waals surface area contributed by atoms with Crippen molar-refractivity contribution in [3.63, 3.8) is 0 Å². The topological polar surface area (TPSA) is 229 Å². The maximum absolute atomic E-state index is 15.9. The number of hydrogen-bond donors (Lipinski definition) is 6. The van der Waals surface area contributed by atoms with Crippen molar-refractivity contribution in [1.29, 1.82) is 0 Å². The Hall–Kier alpha value is -10.8. The maximum atomic E-state index is 15.9. The van der Waals surface area contributed by atoms with Gasteiger partial charge in [-0.25, -0.2) is 0 Å². The number of fused-ring (bicyclic) bond motifs is 10. The van der Waals surface area contributed by atoms with E-state index in [1.807, 2.05) is 60.7 Å². The number of benzene rings is 11. The molecule has 18 nitrogen and oxygen atoms in total. The second-order valence-corrected chi connectivity index (χ2v) is 20.9. The highest BCUT2D eigenvalue weighted by Gasteiger charge is 2.33. The molecule has 15 rings (SSSR count). The zero-order valence-electron chi connectivity index (χ0n) is 46.5. The number of aromatic nitrogens is 4. The van der Waals surface area contributed by atoms with Crippen molar-refractivity contribution in [2.24, 2.45) is 0 Å². The summed E-state index contributed by atoms with van der Waals surface area (Å²) in [5, 5.41) is 47.4. The molecule has 6 N–H and O–H groups in total. The van der Waals surface area contributed by atoms with Gasteiger partial charge in [-0.15, -0.1) is 0 Å². The third-order valence-electron chi connectivity index (χ3n) is 16.4. The molecule has 0 aliphatic rings. The van der Waals surface area contributed by atoms with Gasteiger partial charge in [0.2, 0.25) is 0 Å². The fraction of sp³-hybridized carbons (Fsp3) is 0.118. The van der Waals surface area contributed by atoms with Crippen LogP contribution in [-0.2, 0) is 26.4 Å². The van der Waals surface area contributed by atoms with Crippen molar-refractivity contribution in [2.75, 3.05) is 28.4 Å². The van der Waals surface area contributed by atoms with Crippen molar-refractivity contribution < 1.29 is 58.3 Å². The summed E-state index contributed by atoms with van der Waals surface area (Å²) in [5.74, 6) is 3.71. The molecule has 0 radical (unpaired) electrons. The lowest BCUT2D eigenvalue weighted by atomic mass is 9.84. The molecule has 4 heterocycles. The van der Waals surface area contributed by atoms with Gasteiger partial charge in [0, 0.05) is 66.0 Å². The first-order valence-corrected chi connectivity index (χ1v) is 27.4. The van der Waals surface area contributed by atoms with Crippen LogP contribution in [0, 0.1) is 0 Å². The lowest BCUT2D eigenvalue weighted by Gasteiger charge is -2.25. The van der Waals surface area contributed by atoms with E-state index in [2.05, 4.69) is 9.97 Å². The number of aliphatic hydroxyl groups excluding tert-OH is 4. The second-order valence-electron chi connectivity index (χ2n) is 20.9. The predicted octanol–water partition coefficient (Wildman–Crippen LogP) is 12.8. The largest absolute Gasteiger partial charge is 0.493 e. The van der Waals surface area contributed by atoms with Crippen molar-refractivity contribution in [1.82, 2.24) is 18.8 Å². The molecule has 18 heteroatoms. The Balaban J connectivity index is 1.22. The molecule has 0 amide bonds. The van der Waals surface area contributed by atoms with Crippen LogP contribution >= 0.6 is 0 Å². The summed E-state index contributed by atoms with van der Waals surface area (Å²) in [6.07, 6.45) is 0. The first-order chi connectivity index (χ1) is 42.1. The fourth-order valence-electron chi connectivity index (χ4n) is 12.6. The van der Waals surface area contributed by atoms with Crippen LogP contribution in [0.4, 0.5) is 0 Å². The van der Waals surface area contributed by atoms with Gasteiger partial charge >= 0.3 is 0 Å². The molecule has 15 aromatic rings. The number of aromatic amines is 2. The van der Waals surface area contributed by atoms with E-state index < -0.39 is 13.2 Å². The first kappa shape index (κ1) is 52.1. The minimum absolute atomic E-state index is 0.192. The van der Waals surface area contributed by atoms with Gasteiger partial charge < -0.3 is 68.3 Å². The Bertz CT molecular complexity index is 5080. The van der Waals surface area contributed by atoms with Crippen LogP contribution in [0.15, 0.2) is 155 Å². The van der Waals surface area contributed by atoms with Gasteiger partial charge in [-0.05, 0) is 119 Å². The van der Waals surface area contributed by atoms with E-state index in [9.17, 15) is 20.4 Å². The number of ether oxygens (including phenoxy) is 8. The molecule has 0 atom stereocenters. The molecule has 4 aromatic heterocycles. The number of aliphatic hydroxyl groups is 4. The molecule has 0 aliphatic heterocycles. The lowest BCUT2D eigenvalue weighted by Crippen LogP contribution is -2.15. The number of nitrogens with one attached hydrogen (secondary N) is 2. The standard InChI is InChI=1S/C68H50N4O14/c1-79-49-19-17-39(23-51(49)81-3)85-55-27-43-57-41(65-69-45-9-5-7-11-47(45)71(65)67(43)77)25-53(83-37-15-13-33(29-73)35(21-37)31-75)59-60-54(84-38-16-14-34(30-74)36(22-38)32-76)26-42-58-44(68(78)72-48-12-8-6-10-46(48)70-66(42)72)28-56(62(64(58)60)61(55)63(57)59)86-40-18-20-50(80-2)52(24-40)82-4/h5-28,69-70,73-76H,29-32H2,1-4H3. The summed E-state index contributed by atoms with van der Waals surface area (Å²) in [6.45, 7) is -1.49. The van der Waals surface area contributed by atoms with Gasteiger partial charge in [0.1, 0.15) is 57.3 Å². The number of H-pyrrole nitrogens is 2. The van der Waals surface area contributed by atoms with Crippen molar-refractivity contribution in [3.05, 3.63) is 189 Å². The summed E-state index contributed by atoms with van der Waals surface area (Å²) < 4.78 is 55.2. The zero-order chi connectivity index (χ0) is 58.8. The number of para-hydroxylation sites is 4. The summed E-state index contributed by atoms with van der Waals surface area (Å²) in [4.78, 5) is 38.8. The van der Waals surface area contributed by atoms with E-state index in [1.165, 1.54) is 28.4 Å². The van der Waals surface area contributed by atoms with E-state index in [0.29, 0.717) is 155 Å². The SMILES string of the molecule is COc1ccc(Oc2cc3c(=O)n4c5ccccc5[nH]c4c4cc(Oc5ccc(CO)c(CO)c5)c5c6c(Oc7ccc(CO)c(CO)c7)cc7c8c(cc(Oc9ccc(OC)c(OC)c9)c(c2c5c34)c68)c(=O)n2c3ccccc3[nH]c72)cc1OC. The lowest BCUT2D eigenvalue weighted by molar-refractivity contribution is 0.259. The monoisotopic (exact) mass is 1150 g/mol. The van der Waals surface area contributed by atoms with Crippen molar-refractivity contribution in [2.45, 2.75) is 26.4 Å². The Labute approximate surface area is 485 Å². The predicted molar refractivity (Wildman–Crippen MR) is 328 cm³/mol. The van der Waals surface area contributed by atoms with Crippen LogP contribution in [-0.4, -0.2) is 67.6 Å². The minimum Gasteiger partial charge on any atom is -0.493 e. The van der Waals surface area contributed by atoms with Crippen molar-refractivity contribution in [3.8, 4) is 69.0 Å². The van der Waals surface area contributed by atoms with Gasteiger partial charge in [0.15, 0.2) is 23.0 Å². The van der Waals surface area contributed by atoms with E-state index >= 15 is 9.59 Å². The molecular formula is C68H50N4O14. The van der Waals surface area contributed by atoms with Crippen molar-refractivity contribution >= 4 is 98.0 Å². The Morgan fingerprint density at radius 3 is 1.03 bits per heavy atom. The highest BCUT2D eigenvalue weighted by molar-refractivity contribution is 6.45. The number of nitrogens with zero attached hydrogens (tertiary/aromatic N) is 2. The summed E-state index contributed by atoms with van der Waals surface area (Å²) >= 11 is 0. The summed E-state index contributed by atoms with van der Waals surface area (Å²) in [5.41, 5.74) is 4.60. The van der Waals surface area contributed by atoms with Gasteiger partial charge in [-0.3, -0.25) is 18.4 Å². The number of rotatable bonds is 16. The molecule has 0 spiro atoms. The van der Waals surface area contributed by atoms with Crippen LogP contribution in [0.1, 0.15) is 22.3 Å². The minimum atomic E-state index is -0.407. The van der Waals surface area contributed by atoms with Gasteiger partial charge in [0.25, 0.3) is 11.1 Å². The van der Waals surface area contributed by atoms with Crippen LogP contribution < -0.4 is 49.0 Å². The quantitative estimate of drug-likeness (QED) is 0.0391. The van der Waals surface area contributed by atoms with E-state index in [4.69, 9.17) is 37.9 Å². The molecule has 0 bridgehead atoms.